The van der Waals surface area contributed by atoms with Gasteiger partial charge in [-0.25, -0.2) is 4.39 Å². The fraction of sp³-hybridized carbons (Fsp3) is 0.529. The molecule has 0 spiro atoms. The summed E-state index contributed by atoms with van der Waals surface area (Å²) in [6, 6.07) is 4.87. The molecule has 0 fully saturated rings. The molecule has 5 nitrogen and oxygen atoms in total. The Bertz CT molecular complexity index is 531. The van der Waals surface area contributed by atoms with Crippen LogP contribution in [0.15, 0.2) is 24.3 Å². The zero-order chi connectivity index (χ0) is 17.6. The Labute approximate surface area is 136 Å². The van der Waals surface area contributed by atoms with E-state index in [9.17, 15) is 19.1 Å². The lowest BCUT2D eigenvalue weighted by molar-refractivity contribution is -0.137. The molecule has 0 saturated carbocycles. The van der Waals surface area contributed by atoms with Gasteiger partial charge in [-0.15, -0.1) is 0 Å². The topological polar surface area (TPSA) is 69.6 Å². The molecule has 0 radical (unpaired) electrons. The van der Waals surface area contributed by atoms with Crippen LogP contribution in [0.5, 0.6) is 0 Å². The first-order valence-corrected chi connectivity index (χ1v) is 7.70. The highest BCUT2D eigenvalue weighted by atomic mass is 19.1. The second-order valence-corrected chi connectivity index (χ2v) is 6.13. The predicted octanol–water partition coefficient (Wildman–Crippen LogP) is 1.87. The van der Waals surface area contributed by atoms with E-state index in [-0.39, 0.29) is 30.1 Å². The van der Waals surface area contributed by atoms with E-state index in [1.807, 2.05) is 13.8 Å². The van der Waals surface area contributed by atoms with Crippen molar-refractivity contribution in [2.75, 3.05) is 13.1 Å². The molecule has 2 atom stereocenters. The van der Waals surface area contributed by atoms with Crippen molar-refractivity contribution in [2.24, 2.45) is 5.92 Å². The summed E-state index contributed by atoms with van der Waals surface area (Å²) in [6.45, 7) is 7.44. The van der Waals surface area contributed by atoms with Gasteiger partial charge in [0.05, 0.1) is 12.6 Å². The number of hydrogen-bond acceptors (Lipinski definition) is 3. The Morgan fingerprint density at radius 2 is 1.74 bits per heavy atom. The second kappa shape index (κ2) is 8.62. The molecular weight excluding hydrogens is 299 g/mol. The molecule has 0 aliphatic heterocycles. The average Bonchev–Trinajstić information content (AvgIpc) is 2.45. The van der Waals surface area contributed by atoms with E-state index in [4.69, 9.17) is 0 Å². The van der Waals surface area contributed by atoms with Gasteiger partial charge in [-0.1, -0.05) is 26.0 Å². The molecular formula is C17H25FN2O3. The van der Waals surface area contributed by atoms with Crippen LogP contribution >= 0.6 is 0 Å². The van der Waals surface area contributed by atoms with E-state index in [1.54, 1.807) is 6.92 Å². The highest BCUT2D eigenvalue weighted by Crippen LogP contribution is 2.16. The molecule has 0 bridgehead atoms. The van der Waals surface area contributed by atoms with Gasteiger partial charge in [-0.2, -0.15) is 0 Å². The quantitative estimate of drug-likeness (QED) is 0.804. The summed E-state index contributed by atoms with van der Waals surface area (Å²) in [5.41, 5.74) is 0.542. The van der Waals surface area contributed by atoms with Crippen LogP contribution in [0.3, 0.4) is 0 Å². The van der Waals surface area contributed by atoms with Crippen LogP contribution in [0.4, 0.5) is 4.39 Å². The van der Waals surface area contributed by atoms with E-state index in [0.717, 1.165) is 0 Å². The summed E-state index contributed by atoms with van der Waals surface area (Å²) >= 11 is 0. The molecule has 0 aliphatic rings. The number of rotatable bonds is 7. The van der Waals surface area contributed by atoms with Crippen molar-refractivity contribution < 1.29 is 19.1 Å². The van der Waals surface area contributed by atoms with E-state index in [2.05, 4.69) is 5.32 Å². The SMILES string of the molecule is CC(=O)NC(C)C(=O)N(CC(C)C)CC(O)c1ccc(F)cc1. The fourth-order valence-electron chi connectivity index (χ4n) is 2.33. The lowest BCUT2D eigenvalue weighted by Crippen LogP contribution is -2.48. The summed E-state index contributed by atoms with van der Waals surface area (Å²) < 4.78 is 13.0. The molecule has 0 aliphatic carbocycles. The molecule has 2 amide bonds. The number of benzene rings is 1. The largest absolute Gasteiger partial charge is 0.387 e. The highest BCUT2D eigenvalue weighted by molar-refractivity contribution is 5.86. The molecule has 2 unspecified atom stereocenters. The summed E-state index contributed by atoms with van der Waals surface area (Å²) in [6.07, 6.45) is -0.914. The van der Waals surface area contributed by atoms with Crippen molar-refractivity contribution >= 4 is 11.8 Å². The number of halogens is 1. The van der Waals surface area contributed by atoms with Crippen LogP contribution in [-0.4, -0.2) is 41.0 Å². The van der Waals surface area contributed by atoms with Crippen molar-refractivity contribution in [1.82, 2.24) is 10.2 Å². The number of carbonyl (C=O) groups is 2. The summed E-state index contributed by atoms with van der Waals surface area (Å²) in [5.74, 6) is -0.705. The fourth-order valence-corrected chi connectivity index (χ4v) is 2.33. The average molecular weight is 324 g/mol. The van der Waals surface area contributed by atoms with Gasteiger partial charge in [-0.3, -0.25) is 9.59 Å². The van der Waals surface area contributed by atoms with Crippen LogP contribution < -0.4 is 5.32 Å². The van der Waals surface area contributed by atoms with Crippen molar-refractivity contribution in [3.05, 3.63) is 35.6 Å². The Hall–Kier alpha value is -1.95. The van der Waals surface area contributed by atoms with Gasteiger partial charge in [-0.05, 0) is 30.5 Å². The zero-order valence-corrected chi connectivity index (χ0v) is 14.0. The van der Waals surface area contributed by atoms with Crippen LogP contribution in [0.25, 0.3) is 0 Å². The number of nitrogens with zero attached hydrogens (tertiary/aromatic N) is 1. The molecule has 6 heteroatoms. The number of hydrogen-bond donors (Lipinski definition) is 2. The summed E-state index contributed by atoms with van der Waals surface area (Å²) in [4.78, 5) is 25.1. The Morgan fingerprint density at radius 1 is 1.17 bits per heavy atom. The van der Waals surface area contributed by atoms with Gasteiger partial charge in [0.15, 0.2) is 0 Å². The lowest BCUT2D eigenvalue weighted by Gasteiger charge is -2.29. The van der Waals surface area contributed by atoms with Crippen LogP contribution in [0.1, 0.15) is 39.4 Å². The van der Waals surface area contributed by atoms with Gasteiger partial charge in [0.2, 0.25) is 11.8 Å². The number of aliphatic hydroxyl groups excluding tert-OH is 1. The maximum Gasteiger partial charge on any atom is 0.244 e. The predicted molar refractivity (Wildman–Crippen MR) is 86.1 cm³/mol. The monoisotopic (exact) mass is 324 g/mol. The Morgan fingerprint density at radius 3 is 2.22 bits per heavy atom. The smallest absolute Gasteiger partial charge is 0.244 e. The number of aliphatic hydroxyl groups is 1. The minimum Gasteiger partial charge on any atom is -0.387 e. The second-order valence-electron chi connectivity index (χ2n) is 6.13. The van der Waals surface area contributed by atoms with Crippen molar-refractivity contribution in [3.8, 4) is 0 Å². The summed E-state index contributed by atoms with van der Waals surface area (Å²) in [7, 11) is 0. The maximum atomic E-state index is 13.0. The van der Waals surface area contributed by atoms with Crippen molar-refractivity contribution in [2.45, 2.75) is 39.8 Å². The minimum atomic E-state index is -0.914. The first kappa shape index (κ1) is 19.1. The number of amides is 2. The van der Waals surface area contributed by atoms with E-state index in [0.29, 0.717) is 12.1 Å². The third-order valence-electron chi connectivity index (χ3n) is 3.34. The van der Waals surface area contributed by atoms with Crippen LogP contribution in [0, 0.1) is 11.7 Å². The first-order valence-electron chi connectivity index (χ1n) is 7.70. The summed E-state index contributed by atoms with van der Waals surface area (Å²) in [5, 5.41) is 12.9. The van der Waals surface area contributed by atoms with Crippen LogP contribution in [0.2, 0.25) is 0 Å². The maximum absolute atomic E-state index is 13.0. The Kier molecular flexibility index (Phi) is 7.16. The molecule has 0 saturated heterocycles. The molecule has 23 heavy (non-hydrogen) atoms. The third-order valence-corrected chi connectivity index (χ3v) is 3.34. The lowest BCUT2D eigenvalue weighted by atomic mass is 10.1. The van der Waals surface area contributed by atoms with Gasteiger partial charge < -0.3 is 15.3 Å². The van der Waals surface area contributed by atoms with E-state index >= 15 is 0 Å². The zero-order valence-electron chi connectivity index (χ0n) is 14.0. The molecule has 2 N–H and O–H groups in total. The number of carbonyl (C=O) groups excluding carboxylic acids is 2. The van der Waals surface area contributed by atoms with Gasteiger partial charge in [0.1, 0.15) is 11.9 Å². The van der Waals surface area contributed by atoms with Crippen molar-refractivity contribution in [3.63, 3.8) is 0 Å². The standard InChI is InChI=1S/C17H25FN2O3/c1-11(2)9-20(17(23)12(3)19-13(4)21)10-16(22)14-5-7-15(18)8-6-14/h5-8,11-12,16,22H,9-10H2,1-4H3,(H,19,21). The first-order chi connectivity index (χ1) is 10.7. The molecule has 1 aromatic carbocycles. The molecule has 0 heterocycles. The third kappa shape index (κ3) is 6.36. The minimum absolute atomic E-state index is 0.0899. The normalized spacial score (nSPS) is 13.5. The molecule has 128 valence electrons. The van der Waals surface area contributed by atoms with E-state index < -0.39 is 12.1 Å². The molecule has 1 aromatic rings. The van der Waals surface area contributed by atoms with Gasteiger partial charge in [0, 0.05) is 13.5 Å². The van der Waals surface area contributed by atoms with Crippen LogP contribution in [-0.2, 0) is 9.59 Å². The van der Waals surface area contributed by atoms with Crippen molar-refractivity contribution in [1.29, 1.82) is 0 Å². The number of nitrogens with one attached hydrogen (secondary N) is 1. The molecule has 0 aromatic heterocycles. The van der Waals surface area contributed by atoms with Gasteiger partial charge >= 0.3 is 0 Å². The Balaban J connectivity index is 2.82. The highest BCUT2D eigenvalue weighted by Gasteiger charge is 2.24. The van der Waals surface area contributed by atoms with E-state index in [1.165, 1.54) is 36.1 Å². The molecule has 1 rings (SSSR count). The van der Waals surface area contributed by atoms with Gasteiger partial charge in [0.25, 0.3) is 0 Å².